The highest BCUT2D eigenvalue weighted by Crippen LogP contribution is 2.20. The summed E-state index contributed by atoms with van der Waals surface area (Å²) in [5.41, 5.74) is 3.83. The van der Waals surface area contributed by atoms with Crippen LogP contribution < -0.4 is 16.0 Å². The van der Waals surface area contributed by atoms with Gasteiger partial charge >= 0.3 is 6.03 Å². The van der Waals surface area contributed by atoms with Crippen molar-refractivity contribution in [1.29, 1.82) is 0 Å². The number of rotatable bonds is 6. The molecule has 1 unspecified atom stereocenters. The summed E-state index contributed by atoms with van der Waals surface area (Å²) in [6.45, 7) is 3.84. The lowest BCUT2D eigenvalue weighted by Crippen LogP contribution is -2.30. The van der Waals surface area contributed by atoms with E-state index in [4.69, 9.17) is 0 Å². The smallest absolute Gasteiger partial charge is 0.319 e. The second-order valence-corrected chi connectivity index (χ2v) is 7.61. The molecule has 3 amide bonds. The van der Waals surface area contributed by atoms with Gasteiger partial charge in [0.25, 0.3) is 5.91 Å². The van der Waals surface area contributed by atoms with Gasteiger partial charge in [-0.2, -0.15) is 5.10 Å². The maximum atomic E-state index is 12.7. The number of carbonyl (C=O) groups excluding carboxylic acids is 2. The van der Waals surface area contributed by atoms with Gasteiger partial charge in [-0.3, -0.25) is 4.79 Å². The molecule has 1 aliphatic carbocycles. The fraction of sp³-hybridized carbons (Fsp3) is 0.261. The van der Waals surface area contributed by atoms with Crippen LogP contribution in [0.1, 0.15) is 47.6 Å². The maximum Gasteiger partial charge on any atom is 0.319 e. The molecule has 3 aromatic rings. The number of hydrogen-bond acceptors (Lipinski definition) is 3. The summed E-state index contributed by atoms with van der Waals surface area (Å²) in [5.74, 6) is -0.230. The summed E-state index contributed by atoms with van der Waals surface area (Å²) in [7, 11) is 0. The van der Waals surface area contributed by atoms with Crippen LogP contribution in [0.15, 0.2) is 60.7 Å². The Morgan fingerprint density at radius 2 is 1.77 bits per heavy atom. The molecule has 1 heterocycles. The monoisotopic (exact) mass is 403 g/mol. The quantitative estimate of drug-likeness (QED) is 0.582. The fourth-order valence-corrected chi connectivity index (χ4v) is 3.21. The minimum atomic E-state index is -0.230. The third-order valence-electron chi connectivity index (χ3n) is 5.05. The molecule has 0 saturated heterocycles. The molecule has 1 aromatic heterocycles. The number of carbonyl (C=O) groups is 2. The molecule has 0 aliphatic heterocycles. The number of nitrogens with zero attached hydrogens (tertiary/aromatic N) is 2. The summed E-state index contributed by atoms with van der Waals surface area (Å²) in [5, 5.41) is 13.1. The summed E-state index contributed by atoms with van der Waals surface area (Å²) < 4.78 is 1.76. The molecule has 2 aromatic carbocycles. The minimum Gasteiger partial charge on any atom is -0.344 e. The molecular formula is C23H25N5O2. The first-order chi connectivity index (χ1) is 14.5. The number of urea groups is 1. The van der Waals surface area contributed by atoms with Crippen molar-refractivity contribution in [3.63, 3.8) is 0 Å². The third kappa shape index (κ3) is 4.68. The normalized spacial score (nSPS) is 14.1. The zero-order valence-electron chi connectivity index (χ0n) is 17.1. The van der Waals surface area contributed by atoms with E-state index < -0.39 is 0 Å². The Hall–Kier alpha value is -3.61. The van der Waals surface area contributed by atoms with Gasteiger partial charge in [-0.15, -0.1) is 0 Å². The van der Waals surface area contributed by atoms with Gasteiger partial charge < -0.3 is 16.0 Å². The van der Waals surface area contributed by atoms with E-state index in [1.807, 2.05) is 68.4 Å². The van der Waals surface area contributed by atoms with Crippen molar-refractivity contribution < 1.29 is 9.59 Å². The Labute approximate surface area is 175 Å². The average molecular weight is 403 g/mol. The van der Waals surface area contributed by atoms with Crippen LogP contribution in [0.2, 0.25) is 0 Å². The highest BCUT2D eigenvalue weighted by atomic mass is 16.2. The van der Waals surface area contributed by atoms with Crippen LogP contribution in [0.25, 0.3) is 5.69 Å². The predicted octanol–water partition coefficient (Wildman–Crippen LogP) is 3.96. The number of para-hydroxylation sites is 1. The average Bonchev–Trinajstić information content (AvgIpc) is 3.46. The van der Waals surface area contributed by atoms with Crippen molar-refractivity contribution in [3.8, 4) is 5.69 Å². The Bertz CT molecular complexity index is 1040. The van der Waals surface area contributed by atoms with Crippen molar-refractivity contribution in [2.45, 2.75) is 38.8 Å². The molecule has 1 atom stereocenters. The van der Waals surface area contributed by atoms with Crippen LogP contribution >= 0.6 is 0 Å². The highest BCUT2D eigenvalue weighted by Gasteiger charge is 2.23. The minimum absolute atomic E-state index is 0.184. The maximum absolute atomic E-state index is 12.7. The lowest BCUT2D eigenvalue weighted by molar-refractivity contribution is 0.0934. The molecule has 0 spiro atoms. The van der Waals surface area contributed by atoms with E-state index in [0.29, 0.717) is 17.4 Å². The van der Waals surface area contributed by atoms with Crippen molar-refractivity contribution in [2.24, 2.45) is 0 Å². The van der Waals surface area contributed by atoms with Crippen molar-refractivity contribution in [2.75, 3.05) is 5.32 Å². The Balaban J connectivity index is 1.38. The Kier molecular flexibility index (Phi) is 5.52. The van der Waals surface area contributed by atoms with E-state index in [1.165, 1.54) is 0 Å². The molecule has 3 N–H and O–H groups in total. The standard InChI is InChI=1S/C23H25N5O2/c1-15-14-21(27-28(15)20-6-4-3-5-7-20)22(29)24-16(2)17-8-10-18(11-9-17)25-23(30)26-19-12-13-19/h3-11,14,16,19H,12-13H2,1-2H3,(H,24,29)(H2,25,26,30). The van der Waals surface area contributed by atoms with Crippen molar-refractivity contribution >= 4 is 17.6 Å². The van der Waals surface area contributed by atoms with Crippen molar-refractivity contribution in [3.05, 3.63) is 77.6 Å². The lowest BCUT2D eigenvalue weighted by atomic mass is 10.1. The number of benzene rings is 2. The van der Waals surface area contributed by atoms with Gasteiger partial charge in [-0.25, -0.2) is 9.48 Å². The molecule has 1 saturated carbocycles. The van der Waals surface area contributed by atoms with E-state index in [0.717, 1.165) is 29.8 Å². The second kappa shape index (κ2) is 8.41. The topological polar surface area (TPSA) is 88.1 Å². The predicted molar refractivity (Wildman–Crippen MR) is 116 cm³/mol. The van der Waals surface area contributed by atoms with E-state index >= 15 is 0 Å². The van der Waals surface area contributed by atoms with Crippen LogP contribution in [0.3, 0.4) is 0 Å². The first kappa shape index (κ1) is 19.7. The van der Waals surface area contributed by atoms with E-state index in [1.54, 1.807) is 10.7 Å². The number of hydrogen-bond donors (Lipinski definition) is 3. The molecule has 7 nitrogen and oxygen atoms in total. The first-order valence-corrected chi connectivity index (χ1v) is 10.1. The largest absolute Gasteiger partial charge is 0.344 e. The second-order valence-electron chi connectivity index (χ2n) is 7.61. The Morgan fingerprint density at radius 3 is 2.43 bits per heavy atom. The number of nitrogens with one attached hydrogen (secondary N) is 3. The molecular weight excluding hydrogens is 378 g/mol. The number of aryl methyl sites for hydroxylation is 1. The molecule has 0 bridgehead atoms. The zero-order chi connectivity index (χ0) is 21.1. The van der Waals surface area contributed by atoms with Crippen LogP contribution in [-0.2, 0) is 0 Å². The van der Waals surface area contributed by atoms with Crippen LogP contribution in [0.4, 0.5) is 10.5 Å². The molecule has 4 rings (SSSR count). The number of aromatic nitrogens is 2. The van der Waals surface area contributed by atoms with E-state index in [9.17, 15) is 9.59 Å². The summed E-state index contributed by atoms with van der Waals surface area (Å²) >= 11 is 0. The van der Waals surface area contributed by atoms with Gasteiger partial charge in [0.15, 0.2) is 5.69 Å². The number of anilines is 1. The SMILES string of the molecule is Cc1cc(C(=O)NC(C)c2ccc(NC(=O)NC3CC3)cc2)nn1-c1ccccc1. The number of amides is 3. The molecule has 1 fully saturated rings. The van der Waals surface area contributed by atoms with Crippen LogP contribution in [0.5, 0.6) is 0 Å². The van der Waals surface area contributed by atoms with Crippen molar-refractivity contribution in [1.82, 2.24) is 20.4 Å². The Morgan fingerprint density at radius 1 is 1.07 bits per heavy atom. The van der Waals surface area contributed by atoms with Crippen LogP contribution in [0, 0.1) is 6.92 Å². The van der Waals surface area contributed by atoms with Crippen LogP contribution in [-0.4, -0.2) is 27.8 Å². The fourth-order valence-electron chi connectivity index (χ4n) is 3.21. The molecule has 1 aliphatic rings. The molecule has 30 heavy (non-hydrogen) atoms. The first-order valence-electron chi connectivity index (χ1n) is 10.1. The lowest BCUT2D eigenvalue weighted by Gasteiger charge is -2.14. The molecule has 0 radical (unpaired) electrons. The summed E-state index contributed by atoms with van der Waals surface area (Å²) in [4.78, 5) is 24.5. The highest BCUT2D eigenvalue weighted by molar-refractivity contribution is 5.92. The zero-order valence-corrected chi connectivity index (χ0v) is 17.1. The van der Waals surface area contributed by atoms with Gasteiger partial charge in [-0.05, 0) is 62.6 Å². The molecule has 7 heteroatoms. The molecule has 154 valence electrons. The third-order valence-corrected chi connectivity index (χ3v) is 5.05. The van der Waals surface area contributed by atoms with Gasteiger partial charge in [0.2, 0.25) is 0 Å². The summed E-state index contributed by atoms with van der Waals surface area (Å²) in [6, 6.07) is 18.9. The van der Waals surface area contributed by atoms with Gasteiger partial charge in [0.1, 0.15) is 0 Å². The van der Waals surface area contributed by atoms with E-state index in [2.05, 4.69) is 21.0 Å². The summed E-state index contributed by atoms with van der Waals surface area (Å²) in [6.07, 6.45) is 2.10. The van der Waals surface area contributed by atoms with Gasteiger partial charge in [-0.1, -0.05) is 30.3 Å². The van der Waals surface area contributed by atoms with Gasteiger partial charge in [0, 0.05) is 17.4 Å². The van der Waals surface area contributed by atoms with E-state index in [-0.39, 0.29) is 18.0 Å². The van der Waals surface area contributed by atoms with Gasteiger partial charge in [0.05, 0.1) is 11.7 Å².